The van der Waals surface area contributed by atoms with Crippen molar-refractivity contribution in [1.29, 1.82) is 0 Å². The van der Waals surface area contributed by atoms with Crippen molar-refractivity contribution in [3.63, 3.8) is 0 Å². The van der Waals surface area contributed by atoms with E-state index in [-0.39, 0.29) is 17.4 Å². The number of anilines is 1. The van der Waals surface area contributed by atoms with Crippen molar-refractivity contribution >= 4 is 22.5 Å². The number of hydrogen-bond acceptors (Lipinski definition) is 3. The first kappa shape index (κ1) is 16.7. The Morgan fingerprint density at radius 1 is 1.20 bits per heavy atom. The van der Waals surface area contributed by atoms with Crippen molar-refractivity contribution in [3.05, 3.63) is 69.8 Å². The van der Waals surface area contributed by atoms with Gasteiger partial charge in [-0.05, 0) is 37.6 Å². The number of aryl methyl sites for hydroxylation is 1. The number of H-pyrrole nitrogens is 1. The Labute approximate surface area is 143 Å². The predicted octanol–water partition coefficient (Wildman–Crippen LogP) is 3.35. The third kappa shape index (κ3) is 2.76. The molecule has 0 atom stereocenters. The van der Waals surface area contributed by atoms with Gasteiger partial charge in [0.2, 0.25) is 0 Å². The van der Waals surface area contributed by atoms with Gasteiger partial charge < -0.3 is 15.0 Å². The number of amides is 1. The summed E-state index contributed by atoms with van der Waals surface area (Å²) in [6, 6.07) is 11.8. The van der Waals surface area contributed by atoms with Crippen molar-refractivity contribution < 1.29 is 14.3 Å². The molecule has 0 saturated carbocycles. The normalized spacial score (nSPS) is 10.8. The van der Waals surface area contributed by atoms with Crippen LogP contribution in [0.5, 0.6) is 5.75 Å². The third-order valence-corrected chi connectivity index (χ3v) is 4.13. The largest absolute Gasteiger partial charge is 0.506 e. The molecule has 0 radical (unpaired) electrons. The van der Waals surface area contributed by atoms with E-state index < -0.39 is 28.6 Å². The van der Waals surface area contributed by atoms with E-state index in [1.165, 1.54) is 17.0 Å². The highest BCUT2D eigenvalue weighted by molar-refractivity contribution is 6.10. The molecule has 1 amide bonds. The number of rotatable bonds is 3. The highest BCUT2D eigenvalue weighted by atomic mass is 19.1. The number of pyridine rings is 1. The first-order valence-corrected chi connectivity index (χ1v) is 7.86. The van der Waals surface area contributed by atoms with Crippen molar-refractivity contribution in [2.45, 2.75) is 13.8 Å². The Bertz CT molecular complexity index is 1010. The first-order valence-electron chi connectivity index (χ1n) is 7.86. The highest BCUT2D eigenvalue weighted by Crippen LogP contribution is 2.30. The van der Waals surface area contributed by atoms with Crippen LogP contribution in [0.1, 0.15) is 22.8 Å². The number of nitrogens with one attached hydrogen (secondary N) is 1. The lowest BCUT2D eigenvalue weighted by Crippen LogP contribution is -2.34. The maximum Gasteiger partial charge on any atom is 0.267 e. The standard InChI is InChI=1S/C19H17FN2O3/c1-3-22(12-7-5-4-6-8-12)19(25)15-17(23)14-13(21-18(15)24)10-9-11(2)16(14)20/h4-10H,3H2,1-2H3,(H2,21,23,24). The van der Waals surface area contributed by atoms with E-state index in [2.05, 4.69) is 4.98 Å². The van der Waals surface area contributed by atoms with E-state index >= 15 is 0 Å². The zero-order valence-electron chi connectivity index (χ0n) is 13.8. The van der Waals surface area contributed by atoms with E-state index in [1.807, 2.05) is 0 Å². The van der Waals surface area contributed by atoms with E-state index in [0.29, 0.717) is 11.3 Å². The van der Waals surface area contributed by atoms with Crippen molar-refractivity contribution in [2.24, 2.45) is 0 Å². The zero-order valence-corrected chi connectivity index (χ0v) is 13.8. The van der Waals surface area contributed by atoms with Crippen molar-refractivity contribution in [1.82, 2.24) is 4.98 Å². The number of halogens is 1. The summed E-state index contributed by atoms with van der Waals surface area (Å²) in [5.74, 6) is -1.99. The second kappa shape index (κ2) is 6.39. The fourth-order valence-electron chi connectivity index (χ4n) is 2.82. The second-order valence-electron chi connectivity index (χ2n) is 5.68. The number of fused-ring (bicyclic) bond motifs is 1. The predicted molar refractivity (Wildman–Crippen MR) is 94.7 cm³/mol. The Hall–Kier alpha value is -3.15. The van der Waals surface area contributed by atoms with Gasteiger partial charge in [0.05, 0.1) is 10.9 Å². The molecule has 2 N–H and O–H groups in total. The molecule has 25 heavy (non-hydrogen) atoms. The number of benzene rings is 2. The van der Waals surface area contributed by atoms with Crippen molar-refractivity contribution in [3.8, 4) is 5.75 Å². The first-order chi connectivity index (χ1) is 12.0. The third-order valence-electron chi connectivity index (χ3n) is 4.13. The minimum Gasteiger partial charge on any atom is -0.506 e. The van der Waals surface area contributed by atoms with Gasteiger partial charge in [-0.3, -0.25) is 9.59 Å². The Morgan fingerprint density at radius 2 is 1.88 bits per heavy atom. The van der Waals surface area contributed by atoms with Crippen LogP contribution in [0.25, 0.3) is 10.9 Å². The van der Waals surface area contributed by atoms with Crippen LogP contribution in [0.2, 0.25) is 0 Å². The highest BCUT2D eigenvalue weighted by Gasteiger charge is 2.26. The van der Waals surface area contributed by atoms with Crippen LogP contribution >= 0.6 is 0 Å². The van der Waals surface area contributed by atoms with Gasteiger partial charge in [-0.1, -0.05) is 24.3 Å². The smallest absolute Gasteiger partial charge is 0.267 e. The molecule has 0 aliphatic rings. The maximum absolute atomic E-state index is 14.4. The molecule has 6 heteroatoms. The molecule has 0 unspecified atom stereocenters. The van der Waals surface area contributed by atoms with Crippen LogP contribution in [-0.4, -0.2) is 22.5 Å². The van der Waals surface area contributed by atoms with Gasteiger partial charge in [0.15, 0.2) is 0 Å². The molecule has 1 aromatic heterocycles. The van der Waals surface area contributed by atoms with Gasteiger partial charge in [0, 0.05) is 12.2 Å². The average molecular weight is 340 g/mol. The van der Waals surface area contributed by atoms with E-state index in [1.54, 1.807) is 44.2 Å². The molecule has 3 rings (SSSR count). The Morgan fingerprint density at radius 3 is 2.52 bits per heavy atom. The lowest BCUT2D eigenvalue weighted by Gasteiger charge is -2.21. The van der Waals surface area contributed by atoms with Gasteiger partial charge in [0.25, 0.3) is 11.5 Å². The number of nitrogens with zero attached hydrogens (tertiary/aromatic N) is 1. The van der Waals surface area contributed by atoms with Gasteiger partial charge in [-0.15, -0.1) is 0 Å². The second-order valence-corrected chi connectivity index (χ2v) is 5.68. The van der Waals surface area contributed by atoms with Crippen LogP contribution < -0.4 is 10.5 Å². The summed E-state index contributed by atoms with van der Waals surface area (Å²) in [5.41, 5.74) is -0.192. The number of aromatic hydroxyl groups is 1. The van der Waals surface area contributed by atoms with Crippen LogP contribution in [0.4, 0.5) is 10.1 Å². The Balaban J connectivity index is 2.23. The summed E-state index contributed by atoms with van der Waals surface area (Å²) in [6.07, 6.45) is 0. The van der Waals surface area contributed by atoms with Crippen LogP contribution in [0.15, 0.2) is 47.3 Å². The fraction of sp³-hybridized carbons (Fsp3) is 0.158. The molecule has 5 nitrogen and oxygen atoms in total. The lowest BCUT2D eigenvalue weighted by atomic mass is 10.1. The maximum atomic E-state index is 14.4. The molecule has 0 aliphatic carbocycles. The number of carbonyl (C=O) groups excluding carboxylic acids is 1. The molecular weight excluding hydrogens is 323 g/mol. The topological polar surface area (TPSA) is 73.4 Å². The van der Waals surface area contributed by atoms with Crippen LogP contribution in [0, 0.1) is 12.7 Å². The minimum atomic E-state index is -0.757. The van der Waals surface area contributed by atoms with E-state index in [9.17, 15) is 19.1 Å². The van der Waals surface area contributed by atoms with Gasteiger partial charge in [-0.2, -0.15) is 0 Å². The quantitative estimate of drug-likeness (QED) is 0.768. The molecule has 0 bridgehead atoms. The average Bonchev–Trinajstić information content (AvgIpc) is 2.59. The molecular formula is C19H17FN2O3. The number of hydrogen-bond donors (Lipinski definition) is 2. The molecule has 0 spiro atoms. The number of aromatic nitrogens is 1. The summed E-state index contributed by atoms with van der Waals surface area (Å²) in [7, 11) is 0. The summed E-state index contributed by atoms with van der Waals surface area (Å²) in [5, 5.41) is 10.3. The van der Waals surface area contributed by atoms with Gasteiger partial charge >= 0.3 is 0 Å². The molecule has 3 aromatic rings. The molecule has 128 valence electrons. The van der Waals surface area contributed by atoms with Gasteiger partial charge in [0.1, 0.15) is 17.1 Å². The monoisotopic (exact) mass is 340 g/mol. The minimum absolute atomic E-state index is 0.143. The fourth-order valence-corrected chi connectivity index (χ4v) is 2.82. The molecule has 1 heterocycles. The van der Waals surface area contributed by atoms with E-state index in [4.69, 9.17) is 0 Å². The van der Waals surface area contributed by atoms with E-state index in [0.717, 1.165) is 0 Å². The SMILES string of the molecule is CCN(C(=O)c1c(O)c2c(F)c(C)ccc2[nH]c1=O)c1ccccc1. The molecule has 0 aliphatic heterocycles. The molecule has 0 saturated heterocycles. The summed E-state index contributed by atoms with van der Waals surface area (Å²) < 4.78 is 14.4. The summed E-state index contributed by atoms with van der Waals surface area (Å²) in [4.78, 5) is 29.1. The summed E-state index contributed by atoms with van der Waals surface area (Å²) in [6.45, 7) is 3.58. The van der Waals surface area contributed by atoms with Gasteiger partial charge in [-0.25, -0.2) is 4.39 Å². The lowest BCUT2D eigenvalue weighted by molar-refractivity contribution is 0.0984. The molecule has 2 aromatic carbocycles. The van der Waals surface area contributed by atoms with Crippen LogP contribution in [-0.2, 0) is 0 Å². The zero-order chi connectivity index (χ0) is 18.1. The number of para-hydroxylation sites is 1. The Kier molecular flexibility index (Phi) is 4.27. The van der Waals surface area contributed by atoms with Crippen molar-refractivity contribution in [2.75, 3.05) is 11.4 Å². The number of carbonyl (C=O) groups is 1. The molecule has 0 fully saturated rings. The number of aromatic amines is 1. The summed E-state index contributed by atoms with van der Waals surface area (Å²) >= 11 is 0. The van der Waals surface area contributed by atoms with Crippen LogP contribution in [0.3, 0.4) is 0 Å².